The quantitative estimate of drug-likeness (QED) is 0.767. The molecule has 0 aliphatic carbocycles. The van der Waals surface area contributed by atoms with E-state index in [9.17, 15) is 9.59 Å². The largest absolute Gasteiger partial charge is 0.369 e. The van der Waals surface area contributed by atoms with Crippen molar-refractivity contribution in [1.82, 2.24) is 5.32 Å². The number of amides is 2. The van der Waals surface area contributed by atoms with Crippen LogP contribution >= 0.6 is 0 Å². The molecule has 5 heteroatoms. The van der Waals surface area contributed by atoms with E-state index in [1.165, 1.54) is 0 Å². The molecule has 0 radical (unpaired) electrons. The van der Waals surface area contributed by atoms with Crippen LogP contribution < -0.4 is 16.4 Å². The lowest BCUT2D eigenvalue weighted by Gasteiger charge is -2.27. The van der Waals surface area contributed by atoms with Gasteiger partial charge >= 0.3 is 0 Å². The van der Waals surface area contributed by atoms with Crippen LogP contribution in [0.5, 0.6) is 0 Å². The molecule has 1 aromatic carbocycles. The number of nitrogens with one attached hydrogen (secondary N) is 2. The minimum atomic E-state index is -0.356. The number of primary amides is 1. The molecular weight excluding hydrogens is 254 g/mol. The molecule has 1 heterocycles. The second-order valence-corrected chi connectivity index (χ2v) is 5.41. The number of piperidine rings is 1. The Bertz CT molecular complexity index is 484. The summed E-state index contributed by atoms with van der Waals surface area (Å²) in [5, 5.41) is 6.26. The second kappa shape index (κ2) is 6.52. The van der Waals surface area contributed by atoms with Crippen LogP contribution in [0.3, 0.4) is 0 Å². The van der Waals surface area contributed by atoms with Crippen LogP contribution in [-0.2, 0) is 16.0 Å². The molecule has 0 spiro atoms. The van der Waals surface area contributed by atoms with E-state index in [2.05, 4.69) is 17.6 Å². The summed E-state index contributed by atoms with van der Waals surface area (Å²) in [6, 6.07) is 7.62. The molecule has 0 aromatic heterocycles. The summed E-state index contributed by atoms with van der Waals surface area (Å²) < 4.78 is 0. The van der Waals surface area contributed by atoms with E-state index in [1.54, 1.807) is 12.1 Å². The van der Waals surface area contributed by atoms with Crippen LogP contribution in [-0.4, -0.2) is 24.4 Å². The molecule has 20 heavy (non-hydrogen) atoms. The van der Waals surface area contributed by atoms with Crippen molar-refractivity contribution >= 4 is 17.5 Å². The van der Waals surface area contributed by atoms with E-state index in [1.807, 2.05) is 12.1 Å². The summed E-state index contributed by atoms with van der Waals surface area (Å²) >= 11 is 0. The first-order valence-corrected chi connectivity index (χ1v) is 6.96. The van der Waals surface area contributed by atoms with Crippen molar-refractivity contribution in [2.24, 2.45) is 11.7 Å². The minimum Gasteiger partial charge on any atom is -0.369 e. The lowest BCUT2D eigenvalue weighted by Crippen LogP contribution is -2.40. The van der Waals surface area contributed by atoms with Crippen molar-refractivity contribution in [3.8, 4) is 0 Å². The molecule has 108 valence electrons. The summed E-state index contributed by atoms with van der Waals surface area (Å²) in [5.41, 5.74) is 6.75. The average molecular weight is 275 g/mol. The molecule has 0 unspecified atom stereocenters. The Labute approximate surface area is 118 Å². The number of nitrogens with two attached hydrogens (primary N) is 1. The first-order valence-electron chi connectivity index (χ1n) is 6.96. The van der Waals surface area contributed by atoms with Gasteiger partial charge in [-0.2, -0.15) is 0 Å². The zero-order valence-corrected chi connectivity index (χ0v) is 11.7. The summed E-state index contributed by atoms with van der Waals surface area (Å²) in [6.45, 7) is 2.98. The lowest BCUT2D eigenvalue weighted by atomic mass is 9.92. The first-order chi connectivity index (χ1) is 9.54. The molecule has 1 aliphatic heterocycles. The molecule has 2 rings (SSSR count). The van der Waals surface area contributed by atoms with Crippen molar-refractivity contribution in [2.45, 2.75) is 32.2 Å². The maximum Gasteiger partial charge on any atom is 0.227 e. The van der Waals surface area contributed by atoms with Gasteiger partial charge in [0.05, 0.1) is 6.42 Å². The van der Waals surface area contributed by atoms with E-state index in [4.69, 9.17) is 5.73 Å². The van der Waals surface area contributed by atoms with Gasteiger partial charge in [-0.25, -0.2) is 0 Å². The van der Waals surface area contributed by atoms with Crippen molar-refractivity contribution in [3.63, 3.8) is 0 Å². The van der Waals surface area contributed by atoms with Gasteiger partial charge in [0.15, 0.2) is 0 Å². The Morgan fingerprint density at radius 2 is 2.05 bits per heavy atom. The SMILES string of the molecule is C[C@H]1C[C@@H](C(=O)Nc2ccc(CC(N)=O)cc2)CCN1. The fourth-order valence-electron chi connectivity index (χ4n) is 2.52. The molecule has 5 nitrogen and oxygen atoms in total. The smallest absolute Gasteiger partial charge is 0.227 e. The van der Waals surface area contributed by atoms with Gasteiger partial charge in [0, 0.05) is 17.6 Å². The number of hydrogen-bond donors (Lipinski definition) is 3. The van der Waals surface area contributed by atoms with Gasteiger partial charge in [-0.1, -0.05) is 12.1 Å². The number of hydrogen-bond acceptors (Lipinski definition) is 3. The highest BCUT2D eigenvalue weighted by Crippen LogP contribution is 2.19. The molecule has 4 N–H and O–H groups in total. The summed E-state index contributed by atoms with van der Waals surface area (Å²) in [4.78, 5) is 23.0. The Hall–Kier alpha value is -1.88. The van der Waals surface area contributed by atoms with Crippen molar-refractivity contribution < 1.29 is 9.59 Å². The zero-order chi connectivity index (χ0) is 14.5. The van der Waals surface area contributed by atoms with Gasteiger partial charge in [0.2, 0.25) is 11.8 Å². The van der Waals surface area contributed by atoms with Crippen LogP contribution in [0.15, 0.2) is 24.3 Å². The fourth-order valence-corrected chi connectivity index (χ4v) is 2.52. The van der Waals surface area contributed by atoms with E-state index in [-0.39, 0.29) is 24.2 Å². The Balaban J connectivity index is 1.92. The predicted molar refractivity (Wildman–Crippen MR) is 78.2 cm³/mol. The standard InChI is InChI=1S/C15H21N3O2/c1-10-8-12(6-7-17-10)15(20)18-13-4-2-11(3-5-13)9-14(16)19/h2-5,10,12,17H,6-9H2,1H3,(H2,16,19)(H,18,20)/t10-,12-/m0/s1. The van der Waals surface area contributed by atoms with Crippen LogP contribution in [0.4, 0.5) is 5.69 Å². The predicted octanol–water partition coefficient (Wildman–Crippen LogP) is 1.04. The third kappa shape index (κ3) is 4.06. The van der Waals surface area contributed by atoms with Gasteiger partial charge in [0.25, 0.3) is 0 Å². The third-order valence-corrected chi connectivity index (χ3v) is 3.59. The summed E-state index contributed by atoms with van der Waals surface area (Å²) in [6.07, 6.45) is 1.96. The number of anilines is 1. The number of carbonyl (C=O) groups is 2. The highest BCUT2D eigenvalue weighted by Gasteiger charge is 2.24. The van der Waals surface area contributed by atoms with Gasteiger partial charge in [-0.3, -0.25) is 9.59 Å². The summed E-state index contributed by atoms with van der Waals surface area (Å²) in [5.74, 6) is -0.219. The number of rotatable bonds is 4. The van der Waals surface area contributed by atoms with E-state index < -0.39 is 0 Å². The topological polar surface area (TPSA) is 84.2 Å². The number of carbonyl (C=O) groups excluding carboxylic acids is 2. The van der Waals surface area contributed by atoms with Crippen LogP contribution in [0.25, 0.3) is 0 Å². The highest BCUT2D eigenvalue weighted by atomic mass is 16.2. The van der Waals surface area contributed by atoms with Crippen LogP contribution in [0, 0.1) is 5.92 Å². The fraction of sp³-hybridized carbons (Fsp3) is 0.467. The molecule has 2 atom stereocenters. The second-order valence-electron chi connectivity index (χ2n) is 5.41. The molecular formula is C15H21N3O2. The third-order valence-electron chi connectivity index (χ3n) is 3.59. The molecule has 2 amide bonds. The maximum atomic E-state index is 12.2. The van der Waals surface area contributed by atoms with Crippen molar-refractivity contribution in [2.75, 3.05) is 11.9 Å². The normalized spacial score (nSPS) is 22.2. The summed E-state index contributed by atoms with van der Waals surface area (Å²) in [7, 11) is 0. The van der Waals surface area contributed by atoms with E-state index in [0.717, 1.165) is 30.6 Å². The molecule has 1 saturated heterocycles. The molecule has 0 saturated carbocycles. The Morgan fingerprint density at radius 3 is 2.65 bits per heavy atom. The minimum absolute atomic E-state index is 0.0662. The van der Waals surface area contributed by atoms with Crippen molar-refractivity contribution in [3.05, 3.63) is 29.8 Å². The Morgan fingerprint density at radius 1 is 1.35 bits per heavy atom. The van der Waals surface area contributed by atoms with Gasteiger partial charge in [0.1, 0.15) is 0 Å². The number of benzene rings is 1. The highest BCUT2D eigenvalue weighted by molar-refractivity contribution is 5.92. The van der Waals surface area contributed by atoms with E-state index in [0.29, 0.717) is 6.04 Å². The zero-order valence-electron chi connectivity index (χ0n) is 11.7. The van der Waals surface area contributed by atoms with Gasteiger partial charge in [-0.15, -0.1) is 0 Å². The van der Waals surface area contributed by atoms with Crippen LogP contribution in [0.1, 0.15) is 25.3 Å². The van der Waals surface area contributed by atoms with Crippen LogP contribution in [0.2, 0.25) is 0 Å². The van der Waals surface area contributed by atoms with E-state index >= 15 is 0 Å². The molecule has 1 aliphatic rings. The lowest BCUT2D eigenvalue weighted by molar-refractivity contribution is -0.121. The molecule has 0 bridgehead atoms. The molecule has 1 aromatic rings. The average Bonchev–Trinajstić information content (AvgIpc) is 2.40. The van der Waals surface area contributed by atoms with Gasteiger partial charge in [-0.05, 0) is 44.0 Å². The van der Waals surface area contributed by atoms with Gasteiger partial charge < -0.3 is 16.4 Å². The van der Waals surface area contributed by atoms with Crippen molar-refractivity contribution in [1.29, 1.82) is 0 Å². The maximum absolute atomic E-state index is 12.2. The Kier molecular flexibility index (Phi) is 4.74. The molecule has 1 fully saturated rings. The first kappa shape index (κ1) is 14.5. The monoisotopic (exact) mass is 275 g/mol.